The first-order valence-corrected chi connectivity index (χ1v) is 18.7. The van der Waals surface area contributed by atoms with Crippen molar-refractivity contribution in [3.05, 3.63) is 151 Å². The zero-order valence-corrected chi connectivity index (χ0v) is 29.3. The van der Waals surface area contributed by atoms with Crippen molar-refractivity contribution in [1.82, 2.24) is 0 Å². The van der Waals surface area contributed by atoms with E-state index in [1.165, 1.54) is 123 Å². The number of rotatable bonds is 14. The molecule has 1 heteroatoms. The van der Waals surface area contributed by atoms with Crippen LogP contribution in [0.15, 0.2) is 140 Å². The molecule has 7 aromatic carbocycles. The lowest BCUT2D eigenvalue weighted by atomic mass is 9.89. The molecule has 0 aromatic heterocycles. The maximum absolute atomic E-state index is 2.51. The van der Waals surface area contributed by atoms with Crippen LogP contribution < -0.4 is 4.90 Å². The fourth-order valence-electron chi connectivity index (χ4n) is 7.54. The summed E-state index contributed by atoms with van der Waals surface area (Å²) in [6.07, 6.45) is 12.6. The van der Waals surface area contributed by atoms with Crippen molar-refractivity contribution < 1.29 is 0 Å². The molecule has 0 saturated heterocycles. The Labute approximate surface area is 293 Å². The quantitative estimate of drug-likeness (QED) is 0.0845. The Morgan fingerprint density at radius 3 is 1.39 bits per heavy atom. The lowest BCUT2D eigenvalue weighted by molar-refractivity contribution is 0.667. The predicted octanol–water partition coefficient (Wildman–Crippen LogP) is 14.5. The fraction of sp³-hybridized carbons (Fsp3) is 0.250. The summed E-state index contributed by atoms with van der Waals surface area (Å²) in [6.45, 7) is 4.56. The topological polar surface area (TPSA) is 3.24 Å². The first-order valence-electron chi connectivity index (χ1n) is 18.7. The lowest BCUT2D eigenvalue weighted by Gasteiger charge is -2.30. The van der Waals surface area contributed by atoms with Gasteiger partial charge in [0.05, 0.1) is 5.69 Å². The Morgan fingerprint density at radius 2 is 0.878 bits per heavy atom. The standard InChI is InChI=1S/C48H49N/c1-3-5-7-9-17-36-25-31-41(32-26-36)49(42-33-27-37(28-34-42)18-10-8-6-4-2)48-45-23-15-13-21-43(45)47(44-22-14-16-24-46(44)48)40-30-29-38-19-11-12-20-39(38)35-40/h11-16,19-35H,3-10,17-18H2,1-2H3. The third-order valence-corrected chi connectivity index (χ3v) is 10.2. The molecular weight excluding hydrogens is 591 g/mol. The predicted molar refractivity (Wildman–Crippen MR) is 215 cm³/mol. The van der Waals surface area contributed by atoms with Gasteiger partial charge in [0.2, 0.25) is 0 Å². The minimum atomic E-state index is 1.14. The molecule has 0 radical (unpaired) electrons. The summed E-state index contributed by atoms with van der Waals surface area (Å²) in [5.74, 6) is 0. The van der Waals surface area contributed by atoms with Crippen molar-refractivity contribution in [1.29, 1.82) is 0 Å². The molecule has 0 heterocycles. The molecule has 0 atom stereocenters. The van der Waals surface area contributed by atoms with Crippen LogP contribution in [-0.2, 0) is 12.8 Å². The van der Waals surface area contributed by atoms with E-state index in [4.69, 9.17) is 0 Å². The fourth-order valence-corrected chi connectivity index (χ4v) is 7.54. The highest BCUT2D eigenvalue weighted by Crippen LogP contribution is 2.48. The van der Waals surface area contributed by atoms with E-state index >= 15 is 0 Å². The number of benzene rings is 7. The molecule has 1 nitrogen and oxygen atoms in total. The van der Waals surface area contributed by atoms with E-state index in [9.17, 15) is 0 Å². The normalized spacial score (nSPS) is 11.5. The molecule has 0 spiro atoms. The number of fused-ring (bicyclic) bond motifs is 3. The molecule has 246 valence electrons. The molecular formula is C48H49N. The monoisotopic (exact) mass is 639 g/mol. The number of anilines is 3. The van der Waals surface area contributed by atoms with Gasteiger partial charge in [0.15, 0.2) is 0 Å². The molecule has 0 aliphatic heterocycles. The summed E-state index contributed by atoms with van der Waals surface area (Å²) in [4.78, 5) is 2.51. The second-order valence-corrected chi connectivity index (χ2v) is 13.7. The minimum absolute atomic E-state index is 1.14. The first kappa shape index (κ1) is 32.7. The molecule has 0 saturated carbocycles. The Balaban J connectivity index is 1.39. The molecule has 0 aliphatic carbocycles. The Morgan fingerprint density at radius 1 is 0.408 bits per heavy atom. The summed E-state index contributed by atoms with van der Waals surface area (Å²) in [5.41, 5.74) is 9.02. The van der Waals surface area contributed by atoms with Crippen molar-refractivity contribution in [2.45, 2.75) is 78.1 Å². The van der Waals surface area contributed by atoms with Crippen LogP contribution in [0, 0.1) is 0 Å². The van der Waals surface area contributed by atoms with Crippen LogP contribution in [0.25, 0.3) is 43.4 Å². The average molecular weight is 640 g/mol. The van der Waals surface area contributed by atoms with E-state index in [0.717, 1.165) is 12.8 Å². The van der Waals surface area contributed by atoms with Crippen molar-refractivity contribution in [2.75, 3.05) is 4.90 Å². The summed E-state index contributed by atoms with van der Waals surface area (Å²) in [5, 5.41) is 7.61. The molecule has 0 unspecified atom stereocenters. The zero-order chi connectivity index (χ0) is 33.4. The third-order valence-electron chi connectivity index (χ3n) is 10.2. The van der Waals surface area contributed by atoms with E-state index in [1.54, 1.807) is 0 Å². The van der Waals surface area contributed by atoms with E-state index in [1.807, 2.05) is 0 Å². The van der Waals surface area contributed by atoms with Crippen LogP contribution in [0.5, 0.6) is 0 Å². The van der Waals surface area contributed by atoms with Crippen LogP contribution >= 0.6 is 0 Å². The molecule has 0 bridgehead atoms. The summed E-state index contributed by atoms with van der Waals surface area (Å²) < 4.78 is 0. The number of unbranched alkanes of at least 4 members (excludes halogenated alkanes) is 6. The van der Waals surface area contributed by atoms with Gasteiger partial charge in [0.1, 0.15) is 0 Å². The lowest BCUT2D eigenvalue weighted by Crippen LogP contribution is -2.12. The maximum Gasteiger partial charge on any atom is 0.0618 e. The van der Waals surface area contributed by atoms with Crippen molar-refractivity contribution >= 4 is 49.4 Å². The van der Waals surface area contributed by atoms with Gasteiger partial charge < -0.3 is 4.90 Å². The number of hydrogen-bond donors (Lipinski definition) is 0. The largest absolute Gasteiger partial charge is 0.309 e. The number of hydrogen-bond acceptors (Lipinski definition) is 1. The number of nitrogens with zero attached hydrogens (tertiary/aromatic N) is 1. The summed E-state index contributed by atoms with van der Waals surface area (Å²) in [7, 11) is 0. The second-order valence-electron chi connectivity index (χ2n) is 13.7. The van der Waals surface area contributed by atoms with Gasteiger partial charge in [-0.15, -0.1) is 0 Å². The molecule has 49 heavy (non-hydrogen) atoms. The van der Waals surface area contributed by atoms with E-state index < -0.39 is 0 Å². The highest BCUT2D eigenvalue weighted by atomic mass is 15.1. The van der Waals surface area contributed by atoms with E-state index in [-0.39, 0.29) is 0 Å². The second kappa shape index (κ2) is 15.6. The van der Waals surface area contributed by atoms with Crippen LogP contribution in [-0.4, -0.2) is 0 Å². The van der Waals surface area contributed by atoms with Crippen LogP contribution in [0.4, 0.5) is 17.1 Å². The molecule has 7 rings (SSSR count). The van der Waals surface area contributed by atoms with Gasteiger partial charge in [-0.25, -0.2) is 0 Å². The zero-order valence-electron chi connectivity index (χ0n) is 29.3. The van der Waals surface area contributed by atoms with Crippen LogP contribution in [0.1, 0.15) is 76.3 Å². The smallest absolute Gasteiger partial charge is 0.0618 e. The van der Waals surface area contributed by atoms with Gasteiger partial charge >= 0.3 is 0 Å². The van der Waals surface area contributed by atoms with Crippen LogP contribution in [0.2, 0.25) is 0 Å². The molecule has 7 aromatic rings. The Hall–Kier alpha value is -4.88. The average Bonchev–Trinajstić information content (AvgIpc) is 3.16. The van der Waals surface area contributed by atoms with Crippen molar-refractivity contribution in [3.63, 3.8) is 0 Å². The van der Waals surface area contributed by atoms with Gasteiger partial charge in [-0.2, -0.15) is 0 Å². The van der Waals surface area contributed by atoms with Gasteiger partial charge in [0, 0.05) is 22.1 Å². The first-order chi connectivity index (χ1) is 24.2. The maximum atomic E-state index is 2.51. The van der Waals surface area contributed by atoms with Gasteiger partial charge in [0.25, 0.3) is 0 Å². The number of aryl methyl sites for hydroxylation is 2. The Bertz CT molecular complexity index is 2030. The van der Waals surface area contributed by atoms with Crippen LogP contribution in [0.3, 0.4) is 0 Å². The van der Waals surface area contributed by atoms with Crippen molar-refractivity contribution in [3.8, 4) is 11.1 Å². The Kier molecular flexibility index (Phi) is 10.4. The van der Waals surface area contributed by atoms with Gasteiger partial charge in [-0.05, 0) is 99.8 Å². The molecule has 0 N–H and O–H groups in total. The molecule has 0 amide bonds. The highest BCUT2D eigenvalue weighted by Gasteiger charge is 2.22. The molecule has 0 fully saturated rings. The van der Waals surface area contributed by atoms with Crippen molar-refractivity contribution in [2.24, 2.45) is 0 Å². The van der Waals surface area contributed by atoms with Gasteiger partial charge in [-0.1, -0.05) is 162 Å². The highest BCUT2D eigenvalue weighted by molar-refractivity contribution is 6.22. The van der Waals surface area contributed by atoms with Gasteiger partial charge in [-0.3, -0.25) is 0 Å². The van der Waals surface area contributed by atoms with E-state index in [2.05, 4.69) is 158 Å². The molecule has 0 aliphatic rings. The summed E-state index contributed by atoms with van der Waals surface area (Å²) >= 11 is 0. The SMILES string of the molecule is CCCCCCc1ccc(N(c2ccc(CCCCCC)cc2)c2c3ccccc3c(-c3ccc4ccccc4c3)c3ccccc23)cc1. The summed E-state index contributed by atoms with van der Waals surface area (Å²) in [6, 6.07) is 52.4. The minimum Gasteiger partial charge on any atom is -0.309 e. The van der Waals surface area contributed by atoms with E-state index in [0.29, 0.717) is 0 Å². The third kappa shape index (κ3) is 7.13.